The van der Waals surface area contributed by atoms with Crippen LogP contribution < -0.4 is 21.3 Å². The lowest BCUT2D eigenvalue weighted by Crippen LogP contribution is -2.39. The number of carbonyl (C=O) groups is 5. The van der Waals surface area contributed by atoms with Gasteiger partial charge in [-0.05, 0) is 47.7 Å². The number of halogens is 4. The fourth-order valence-corrected chi connectivity index (χ4v) is 4.02. The Morgan fingerprint density at radius 2 is 1.41 bits per heavy atom. The second kappa shape index (κ2) is 18.6. The first-order valence-electron chi connectivity index (χ1n) is 13.8. The van der Waals surface area contributed by atoms with Crippen molar-refractivity contribution in [2.45, 2.75) is 37.9 Å². The van der Waals surface area contributed by atoms with Gasteiger partial charge in [-0.2, -0.15) is 13.2 Å². The van der Waals surface area contributed by atoms with Gasteiger partial charge in [0.05, 0.1) is 19.0 Å². The largest absolute Gasteiger partial charge is 0.490 e. The molecule has 246 valence electrons. The number of aliphatic carboxylic acids is 2. The van der Waals surface area contributed by atoms with Gasteiger partial charge in [-0.15, -0.1) is 0 Å². The maximum absolute atomic E-state index is 12.4. The number of carboxylic acid groups (broad SMARTS) is 2. The van der Waals surface area contributed by atoms with E-state index in [1.807, 2.05) is 42.5 Å². The summed E-state index contributed by atoms with van der Waals surface area (Å²) < 4.78 is 31.7. The van der Waals surface area contributed by atoms with Gasteiger partial charge in [0, 0.05) is 23.7 Å². The van der Waals surface area contributed by atoms with Crippen LogP contribution in [-0.4, -0.2) is 59.3 Å². The van der Waals surface area contributed by atoms with Crippen LogP contribution in [0.2, 0.25) is 5.02 Å². The van der Waals surface area contributed by atoms with E-state index in [4.69, 9.17) is 21.5 Å². The number of nitrogens with one attached hydrogen (secondary N) is 4. The number of hydrogen-bond donors (Lipinski definition) is 6. The number of urea groups is 1. The molecule has 0 aliphatic heterocycles. The maximum Gasteiger partial charge on any atom is 0.490 e. The number of alkyl halides is 3. The van der Waals surface area contributed by atoms with E-state index in [0.717, 1.165) is 11.1 Å². The molecule has 11 nitrogen and oxygen atoms in total. The lowest BCUT2D eigenvalue weighted by molar-refractivity contribution is -0.192. The Kier molecular flexibility index (Phi) is 15.0. The first-order chi connectivity index (χ1) is 21.7. The first kappa shape index (κ1) is 37.1. The van der Waals surface area contributed by atoms with Crippen molar-refractivity contribution in [3.05, 3.63) is 89.4 Å². The second-order valence-corrected chi connectivity index (χ2v) is 10.1. The number of benzene rings is 3. The van der Waals surface area contributed by atoms with Crippen LogP contribution >= 0.6 is 11.6 Å². The summed E-state index contributed by atoms with van der Waals surface area (Å²) in [6.07, 6.45) is -4.10. The zero-order valence-corrected chi connectivity index (χ0v) is 25.0. The molecule has 0 aliphatic carbocycles. The minimum atomic E-state index is -5.08. The Morgan fingerprint density at radius 1 is 0.783 bits per heavy atom. The van der Waals surface area contributed by atoms with Crippen LogP contribution in [-0.2, 0) is 19.2 Å². The van der Waals surface area contributed by atoms with Crippen molar-refractivity contribution in [2.24, 2.45) is 0 Å². The summed E-state index contributed by atoms with van der Waals surface area (Å²) in [6, 6.07) is 22.8. The van der Waals surface area contributed by atoms with E-state index < -0.39 is 30.1 Å². The van der Waals surface area contributed by atoms with E-state index >= 15 is 0 Å². The zero-order valence-electron chi connectivity index (χ0n) is 24.3. The molecule has 6 N–H and O–H groups in total. The Labute approximate surface area is 267 Å². The third-order valence-electron chi connectivity index (χ3n) is 6.02. The molecule has 3 aromatic carbocycles. The lowest BCUT2D eigenvalue weighted by atomic mass is 9.99. The summed E-state index contributed by atoms with van der Waals surface area (Å²) in [5, 5.41) is 27.6. The number of unbranched alkanes of at least 4 members (excludes halogenated alkanes) is 1. The van der Waals surface area contributed by atoms with Crippen LogP contribution in [0.1, 0.15) is 37.3 Å². The maximum atomic E-state index is 12.4. The number of amides is 4. The fourth-order valence-electron chi connectivity index (χ4n) is 3.83. The summed E-state index contributed by atoms with van der Waals surface area (Å²) >= 11 is 5.89. The number of carbonyl (C=O) groups excluding carboxylic acids is 3. The van der Waals surface area contributed by atoms with Crippen LogP contribution in [0.3, 0.4) is 0 Å². The van der Waals surface area contributed by atoms with E-state index in [2.05, 4.69) is 21.3 Å². The van der Waals surface area contributed by atoms with Gasteiger partial charge in [-0.25, -0.2) is 9.59 Å². The quantitative estimate of drug-likeness (QED) is 0.133. The zero-order chi connectivity index (χ0) is 34.1. The Bertz CT molecular complexity index is 1470. The van der Waals surface area contributed by atoms with E-state index in [9.17, 15) is 37.5 Å². The number of rotatable bonds is 13. The summed E-state index contributed by atoms with van der Waals surface area (Å²) in [5.41, 5.74) is 3.24. The molecule has 3 rings (SSSR count). The molecule has 0 heterocycles. The Balaban J connectivity index is 0.000000942. The highest BCUT2D eigenvalue weighted by Crippen LogP contribution is 2.23. The number of anilines is 1. The monoisotopic (exact) mass is 664 g/mol. The van der Waals surface area contributed by atoms with Crippen LogP contribution in [0.5, 0.6) is 0 Å². The fraction of sp³-hybridized carbons (Fsp3) is 0.258. The smallest absolute Gasteiger partial charge is 0.481 e. The SMILES string of the molecule is O=C(O)C(F)(F)F.O=C(O)CC(NC(=O)CNC(=O)CCCCNC(=O)Nc1cccc(Cl)c1)c1ccc(-c2ccccc2)cc1. The molecular weight excluding hydrogens is 633 g/mol. The van der Waals surface area contributed by atoms with Gasteiger partial charge in [-0.1, -0.05) is 72.3 Å². The highest BCUT2D eigenvalue weighted by molar-refractivity contribution is 6.30. The first-order valence-corrected chi connectivity index (χ1v) is 14.2. The summed E-state index contributed by atoms with van der Waals surface area (Å²) in [5.74, 6) is -4.60. The van der Waals surface area contributed by atoms with Crippen molar-refractivity contribution in [1.82, 2.24) is 16.0 Å². The molecule has 0 aliphatic rings. The van der Waals surface area contributed by atoms with Crippen molar-refractivity contribution >= 4 is 47.1 Å². The minimum absolute atomic E-state index is 0.185. The molecule has 0 fully saturated rings. The molecule has 0 saturated heterocycles. The predicted molar refractivity (Wildman–Crippen MR) is 164 cm³/mol. The summed E-state index contributed by atoms with van der Waals surface area (Å²) in [4.78, 5) is 56.8. The van der Waals surface area contributed by atoms with E-state index in [0.29, 0.717) is 35.7 Å². The van der Waals surface area contributed by atoms with E-state index in [1.54, 1.807) is 36.4 Å². The van der Waals surface area contributed by atoms with E-state index in [1.165, 1.54) is 0 Å². The topological polar surface area (TPSA) is 174 Å². The summed E-state index contributed by atoms with van der Waals surface area (Å²) in [6.45, 7) is 0.109. The van der Waals surface area contributed by atoms with Crippen molar-refractivity contribution < 1.29 is 47.4 Å². The highest BCUT2D eigenvalue weighted by atomic mass is 35.5. The van der Waals surface area contributed by atoms with Crippen molar-refractivity contribution in [3.63, 3.8) is 0 Å². The van der Waals surface area contributed by atoms with Crippen LogP contribution in [0, 0.1) is 0 Å². The van der Waals surface area contributed by atoms with Gasteiger partial charge in [0.25, 0.3) is 0 Å². The second-order valence-electron chi connectivity index (χ2n) is 9.63. The third kappa shape index (κ3) is 14.6. The Morgan fingerprint density at radius 3 is 2.00 bits per heavy atom. The molecular formula is C31H32ClF3N4O7. The average molecular weight is 665 g/mol. The normalized spacial score (nSPS) is 11.2. The van der Waals surface area contributed by atoms with Gasteiger partial charge in [-0.3, -0.25) is 14.4 Å². The molecule has 15 heteroatoms. The van der Waals surface area contributed by atoms with Crippen LogP contribution in [0.15, 0.2) is 78.9 Å². The predicted octanol–water partition coefficient (Wildman–Crippen LogP) is 5.38. The minimum Gasteiger partial charge on any atom is -0.481 e. The van der Waals surface area contributed by atoms with Gasteiger partial charge in [0.15, 0.2) is 0 Å². The van der Waals surface area contributed by atoms with Crippen LogP contribution in [0.25, 0.3) is 11.1 Å². The standard InChI is InChI=1S/C29H31ClN4O5.C2HF3O2/c30-23-9-6-10-24(17-23)33-29(39)31-16-5-4-11-26(35)32-19-27(36)34-25(18-28(37)38)22-14-12-21(13-15-22)20-7-2-1-3-8-20;3-2(4,5)1(6)7/h1-3,6-10,12-15,17,25H,4-5,11,16,18-19H2,(H,32,35)(H,34,36)(H,37,38)(H2,31,33,39);(H,6,7). The van der Waals surface area contributed by atoms with Crippen LogP contribution in [0.4, 0.5) is 23.7 Å². The van der Waals surface area contributed by atoms with Gasteiger partial charge in [0.2, 0.25) is 11.8 Å². The number of hydrogen-bond acceptors (Lipinski definition) is 5. The molecule has 0 bridgehead atoms. The molecule has 0 spiro atoms. The van der Waals surface area contributed by atoms with Crippen molar-refractivity contribution in [1.29, 1.82) is 0 Å². The molecule has 4 amide bonds. The van der Waals surface area contributed by atoms with Crippen molar-refractivity contribution in [2.75, 3.05) is 18.4 Å². The highest BCUT2D eigenvalue weighted by Gasteiger charge is 2.38. The molecule has 0 saturated carbocycles. The molecule has 0 radical (unpaired) electrons. The van der Waals surface area contributed by atoms with Gasteiger partial charge in [0.1, 0.15) is 0 Å². The van der Waals surface area contributed by atoms with Crippen molar-refractivity contribution in [3.8, 4) is 11.1 Å². The lowest BCUT2D eigenvalue weighted by Gasteiger charge is -2.18. The molecule has 3 aromatic rings. The third-order valence-corrected chi connectivity index (χ3v) is 6.26. The van der Waals surface area contributed by atoms with Gasteiger partial charge >= 0.3 is 24.1 Å². The summed E-state index contributed by atoms with van der Waals surface area (Å²) in [7, 11) is 0. The van der Waals surface area contributed by atoms with E-state index in [-0.39, 0.29) is 31.3 Å². The molecule has 1 unspecified atom stereocenters. The molecule has 1 atom stereocenters. The van der Waals surface area contributed by atoms with Gasteiger partial charge < -0.3 is 31.5 Å². The molecule has 46 heavy (non-hydrogen) atoms. The number of carboxylic acids is 2. The average Bonchev–Trinajstić information content (AvgIpc) is 3.00. The Hall–Kier alpha value is -5.11. The molecule has 0 aromatic heterocycles.